The Hall–Kier alpha value is -3.64. The van der Waals surface area contributed by atoms with E-state index < -0.39 is 6.04 Å². The van der Waals surface area contributed by atoms with E-state index in [-0.39, 0.29) is 11.5 Å². The van der Waals surface area contributed by atoms with E-state index in [1.54, 1.807) is 65.1 Å². The minimum Gasteiger partial charge on any atom is -0.497 e. The summed E-state index contributed by atoms with van der Waals surface area (Å²) in [5.74, 6) is 0.939. The summed E-state index contributed by atoms with van der Waals surface area (Å²) in [5, 5.41) is 1.01. The lowest BCUT2D eigenvalue weighted by Gasteiger charge is -2.31. The summed E-state index contributed by atoms with van der Waals surface area (Å²) in [4.78, 5) is 33.9. The number of amides is 1. The number of rotatable bonds is 7. The fourth-order valence-electron chi connectivity index (χ4n) is 4.21. The van der Waals surface area contributed by atoms with Crippen LogP contribution in [-0.4, -0.2) is 34.0 Å². The van der Waals surface area contributed by atoms with Crippen LogP contribution in [-0.2, 0) is 0 Å². The monoisotopic (exact) mass is 475 g/mol. The predicted molar refractivity (Wildman–Crippen MR) is 135 cm³/mol. The molecule has 1 heterocycles. The molecule has 0 spiro atoms. The Morgan fingerprint density at radius 3 is 2.53 bits per heavy atom. The molecule has 0 radical (unpaired) electrons. The number of hydrogen-bond donors (Lipinski definition) is 0. The summed E-state index contributed by atoms with van der Waals surface area (Å²) in [7, 11) is 1.57. The zero-order valence-corrected chi connectivity index (χ0v) is 20.1. The average molecular weight is 476 g/mol. The van der Waals surface area contributed by atoms with Crippen LogP contribution in [0.3, 0.4) is 0 Å². The number of halogens is 1. The molecule has 0 aliphatic carbocycles. The fourth-order valence-corrected chi connectivity index (χ4v) is 4.39. The van der Waals surface area contributed by atoms with Crippen LogP contribution >= 0.6 is 11.6 Å². The lowest BCUT2D eigenvalue weighted by atomic mass is 10.1. The molecule has 0 saturated carbocycles. The van der Waals surface area contributed by atoms with Crippen molar-refractivity contribution >= 4 is 28.4 Å². The molecule has 0 saturated heterocycles. The van der Waals surface area contributed by atoms with E-state index in [9.17, 15) is 9.59 Å². The number of benzene rings is 3. The highest BCUT2D eigenvalue weighted by Crippen LogP contribution is 2.28. The first-order valence-electron chi connectivity index (χ1n) is 11.2. The highest BCUT2D eigenvalue weighted by atomic mass is 35.5. The van der Waals surface area contributed by atoms with Crippen molar-refractivity contribution in [1.29, 1.82) is 0 Å². The van der Waals surface area contributed by atoms with Crippen LogP contribution < -0.4 is 10.3 Å². The van der Waals surface area contributed by atoms with E-state index >= 15 is 0 Å². The fraction of sp³-hybridized carbons (Fsp3) is 0.222. The second kappa shape index (κ2) is 10.1. The highest BCUT2D eigenvalue weighted by molar-refractivity contribution is 6.30. The molecule has 0 aliphatic rings. The van der Waals surface area contributed by atoms with E-state index in [1.165, 1.54) is 0 Å². The van der Waals surface area contributed by atoms with Gasteiger partial charge in [0.25, 0.3) is 11.5 Å². The van der Waals surface area contributed by atoms with Gasteiger partial charge in [0.05, 0.1) is 29.7 Å². The van der Waals surface area contributed by atoms with Crippen LogP contribution in [0.2, 0.25) is 5.02 Å². The van der Waals surface area contributed by atoms with Gasteiger partial charge in [-0.2, -0.15) is 0 Å². The first kappa shape index (κ1) is 23.5. The van der Waals surface area contributed by atoms with Crippen molar-refractivity contribution in [3.8, 4) is 11.4 Å². The molecule has 3 aromatic carbocycles. The molecule has 0 bridgehead atoms. The Balaban J connectivity index is 1.92. The molecular weight excluding hydrogens is 450 g/mol. The van der Waals surface area contributed by atoms with Gasteiger partial charge in [0.15, 0.2) is 0 Å². The largest absolute Gasteiger partial charge is 0.497 e. The zero-order valence-electron chi connectivity index (χ0n) is 19.4. The predicted octanol–water partition coefficient (Wildman–Crippen LogP) is 5.66. The van der Waals surface area contributed by atoms with Gasteiger partial charge in [0, 0.05) is 17.1 Å². The summed E-state index contributed by atoms with van der Waals surface area (Å²) in [6, 6.07) is 21.0. The van der Waals surface area contributed by atoms with E-state index in [0.29, 0.717) is 51.7 Å². The van der Waals surface area contributed by atoms with Crippen molar-refractivity contribution in [3.63, 3.8) is 0 Å². The van der Waals surface area contributed by atoms with Crippen molar-refractivity contribution < 1.29 is 9.53 Å². The minimum absolute atomic E-state index is 0.159. The van der Waals surface area contributed by atoms with Crippen LogP contribution in [0.4, 0.5) is 0 Å². The SMILES string of the molecule is CC[C@@H](c1nc2ccccc2c(=O)n1-c1cccc(Cl)c1)N(CC)C(=O)c1cccc(OC)c1. The maximum Gasteiger partial charge on any atom is 0.266 e. The van der Waals surface area contributed by atoms with Gasteiger partial charge >= 0.3 is 0 Å². The van der Waals surface area contributed by atoms with Gasteiger partial charge in [0.1, 0.15) is 11.6 Å². The number of hydrogen-bond acceptors (Lipinski definition) is 4. The molecule has 4 aromatic rings. The molecule has 0 N–H and O–H groups in total. The van der Waals surface area contributed by atoms with Crippen LogP contribution in [0, 0.1) is 0 Å². The lowest BCUT2D eigenvalue weighted by Crippen LogP contribution is -2.38. The number of para-hydroxylation sites is 1. The van der Waals surface area contributed by atoms with Crippen molar-refractivity contribution in [1.82, 2.24) is 14.5 Å². The quantitative estimate of drug-likeness (QED) is 0.346. The topological polar surface area (TPSA) is 64.4 Å². The minimum atomic E-state index is -0.444. The van der Waals surface area contributed by atoms with Crippen LogP contribution in [0.1, 0.15) is 42.5 Å². The maximum absolute atomic E-state index is 13.7. The van der Waals surface area contributed by atoms with Crippen molar-refractivity contribution in [2.75, 3.05) is 13.7 Å². The number of ether oxygens (including phenoxy) is 1. The number of methoxy groups -OCH3 is 1. The normalized spacial score (nSPS) is 11.9. The van der Waals surface area contributed by atoms with Crippen LogP contribution in [0.25, 0.3) is 16.6 Å². The van der Waals surface area contributed by atoms with Gasteiger partial charge < -0.3 is 9.64 Å². The van der Waals surface area contributed by atoms with E-state index in [1.807, 2.05) is 38.1 Å². The summed E-state index contributed by atoms with van der Waals surface area (Å²) in [6.07, 6.45) is 0.564. The van der Waals surface area contributed by atoms with Gasteiger partial charge in [-0.1, -0.05) is 42.8 Å². The molecule has 1 aromatic heterocycles. The third kappa shape index (κ3) is 4.41. The van der Waals surface area contributed by atoms with Crippen molar-refractivity contribution in [2.24, 2.45) is 0 Å². The molecule has 174 valence electrons. The number of carbonyl (C=O) groups is 1. The van der Waals surface area contributed by atoms with Gasteiger partial charge in [0.2, 0.25) is 0 Å². The molecule has 4 rings (SSSR count). The Morgan fingerprint density at radius 2 is 1.82 bits per heavy atom. The summed E-state index contributed by atoms with van der Waals surface area (Å²) in [6.45, 7) is 4.34. The Bertz CT molecular complexity index is 1400. The van der Waals surface area contributed by atoms with Gasteiger partial charge in [-0.05, 0) is 61.9 Å². The van der Waals surface area contributed by atoms with E-state index in [4.69, 9.17) is 21.3 Å². The molecule has 0 fully saturated rings. The first-order chi connectivity index (χ1) is 16.5. The molecular formula is C27H26ClN3O3. The first-order valence-corrected chi connectivity index (χ1v) is 11.6. The van der Waals surface area contributed by atoms with Gasteiger partial charge in [-0.15, -0.1) is 0 Å². The smallest absolute Gasteiger partial charge is 0.266 e. The number of carbonyl (C=O) groups excluding carboxylic acids is 1. The second-order valence-corrected chi connectivity index (χ2v) is 8.29. The molecule has 6 nitrogen and oxygen atoms in total. The Morgan fingerprint density at radius 1 is 1.06 bits per heavy atom. The third-order valence-corrected chi connectivity index (χ3v) is 6.08. The van der Waals surface area contributed by atoms with E-state index in [2.05, 4.69) is 0 Å². The van der Waals surface area contributed by atoms with Crippen LogP contribution in [0.15, 0.2) is 77.6 Å². The summed E-state index contributed by atoms with van der Waals surface area (Å²) in [5.41, 5.74) is 1.50. The third-order valence-electron chi connectivity index (χ3n) is 5.85. The van der Waals surface area contributed by atoms with Gasteiger partial charge in [-0.25, -0.2) is 4.98 Å². The highest BCUT2D eigenvalue weighted by Gasteiger charge is 2.29. The van der Waals surface area contributed by atoms with E-state index in [0.717, 1.165) is 0 Å². The average Bonchev–Trinajstić information content (AvgIpc) is 2.86. The number of aromatic nitrogens is 2. The standard InChI is InChI=1S/C27H26ClN3O3/c1-4-24(30(5-2)26(32)18-10-8-13-21(16-18)34-3)25-29-23-15-7-6-14-22(23)27(33)31(25)20-12-9-11-19(28)17-20/h6-17,24H,4-5H2,1-3H3/t24-/m0/s1. The maximum atomic E-state index is 13.7. The number of fused-ring (bicyclic) bond motifs is 1. The molecule has 0 unspecified atom stereocenters. The molecule has 7 heteroatoms. The number of nitrogens with zero attached hydrogens (tertiary/aromatic N) is 3. The van der Waals surface area contributed by atoms with Crippen molar-refractivity contribution in [2.45, 2.75) is 26.3 Å². The zero-order chi connectivity index (χ0) is 24.2. The lowest BCUT2D eigenvalue weighted by molar-refractivity contribution is 0.0671. The molecule has 34 heavy (non-hydrogen) atoms. The van der Waals surface area contributed by atoms with Crippen LogP contribution in [0.5, 0.6) is 5.75 Å². The molecule has 1 amide bonds. The second-order valence-electron chi connectivity index (χ2n) is 7.85. The summed E-state index contributed by atoms with van der Waals surface area (Å²) >= 11 is 6.27. The van der Waals surface area contributed by atoms with Crippen molar-refractivity contribution in [3.05, 3.63) is 99.6 Å². The Labute approximate surface area is 203 Å². The van der Waals surface area contributed by atoms with Gasteiger partial charge in [-0.3, -0.25) is 14.2 Å². The molecule has 1 atom stereocenters. The molecule has 0 aliphatic heterocycles. The Kier molecular flexibility index (Phi) is 6.98. The summed E-state index contributed by atoms with van der Waals surface area (Å²) < 4.78 is 6.87.